The largest absolute Gasteiger partial charge is 0.354 e. The number of amides is 2. The molecule has 0 saturated heterocycles. The van der Waals surface area contributed by atoms with Gasteiger partial charge in [-0.05, 0) is 69.5 Å². The van der Waals surface area contributed by atoms with Crippen LogP contribution in [-0.2, 0) is 26.2 Å². The Morgan fingerprint density at radius 3 is 2.10 bits per heavy atom. The molecule has 0 fully saturated rings. The number of benzene rings is 3. The molecule has 3 rings (SSSR count). The van der Waals surface area contributed by atoms with E-state index in [4.69, 9.17) is 23.2 Å². The zero-order valence-electron chi connectivity index (χ0n) is 24.8. The number of aryl methyl sites for hydroxylation is 3. The Morgan fingerprint density at radius 2 is 1.52 bits per heavy atom. The van der Waals surface area contributed by atoms with Crippen LogP contribution in [0.15, 0.2) is 65.6 Å². The van der Waals surface area contributed by atoms with E-state index in [1.54, 1.807) is 36.4 Å². The van der Waals surface area contributed by atoms with Crippen LogP contribution < -0.4 is 9.62 Å². The maximum Gasteiger partial charge on any atom is 0.264 e. The smallest absolute Gasteiger partial charge is 0.264 e. The van der Waals surface area contributed by atoms with Crippen molar-refractivity contribution in [3.05, 3.63) is 93.0 Å². The van der Waals surface area contributed by atoms with Gasteiger partial charge in [0, 0.05) is 28.7 Å². The lowest BCUT2D eigenvalue weighted by Gasteiger charge is -2.34. The van der Waals surface area contributed by atoms with Crippen molar-refractivity contribution in [2.75, 3.05) is 17.4 Å². The molecule has 1 unspecified atom stereocenters. The summed E-state index contributed by atoms with van der Waals surface area (Å²) < 4.78 is 29.3. The number of hydrogen-bond donors (Lipinski definition) is 1. The van der Waals surface area contributed by atoms with Crippen molar-refractivity contribution < 1.29 is 18.0 Å². The maximum atomic E-state index is 14.3. The molecule has 226 valence electrons. The van der Waals surface area contributed by atoms with Gasteiger partial charge in [-0.25, -0.2) is 8.42 Å². The summed E-state index contributed by atoms with van der Waals surface area (Å²) in [5, 5.41) is 3.61. The van der Waals surface area contributed by atoms with E-state index in [1.807, 2.05) is 46.8 Å². The summed E-state index contributed by atoms with van der Waals surface area (Å²) in [6.07, 6.45) is 2.00. The molecule has 0 heterocycles. The molecule has 3 aromatic carbocycles. The van der Waals surface area contributed by atoms with Crippen LogP contribution in [-0.4, -0.2) is 44.3 Å². The van der Waals surface area contributed by atoms with Gasteiger partial charge in [0.25, 0.3) is 10.0 Å². The van der Waals surface area contributed by atoms with E-state index >= 15 is 0 Å². The van der Waals surface area contributed by atoms with Crippen molar-refractivity contribution in [3.8, 4) is 0 Å². The second-order valence-corrected chi connectivity index (χ2v) is 13.1. The van der Waals surface area contributed by atoms with Crippen LogP contribution in [0, 0.1) is 20.8 Å². The number of halogens is 2. The molecule has 0 spiro atoms. The third-order valence-corrected chi connectivity index (χ3v) is 9.60. The average Bonchev–Trinajstić information content (AvgIpc) is 2.93. The fraction of sp³-hybridized carbons (Fsp3) is 0.375. The van der Waals surface area contributed by atoms with Gasteiger partial charge in [-0.3, -0.25) is 13.9 Å². The molecule has 0 saturated carbocycles. The Bertz CT molecular complexity index is 1490. The first-order valence-corrected chi connectivity index (χ1v) is 16.3. The number of anilines is 1. The van der Waals surface area contributed by atoms with Crippen LogP contribution >= 0.6 is 23.2 Å². The molecule has 0 bridgehead atoms. The van der Waals surface area contributed by atoms with E-state index in [0.29, 0.717) is 39.8 Å². The molecule has 1 atom stereocenters. The molecule has 7 nitrogen and oxygen atoms in total. The fourth-order valence-electron chi connectivity index (χ4n) is 4.72. The van der Waals surface area contributed by atoms with Crippen molar-refractivity contribution in [1.29, 1.82) is 0 Å². The first-order chi connectivity index (χ1) is 19.9. The van der Waals surface area contributed by atoms with E-state index in [2.05, 4.69) is 5.32 Å². The van der Waals surface area contributed by atoms with Gasteiger partial charge >= 0.3 is 0 Å². The third kappa shape index (κ3) is 8.06. The van der Waals surface area contributed by atoms with Crippen LogP contribution in [0.25, 0.3) is 0 Å². The highest BCUT2D eigenvalue weighted by atomic mass is 35.5. The number of nitrogens with one attached hydrogen (secondary N) is 1. The van der Waals surface area contributed by atoms with E-state index in [1.165, 1.54) is 17.0 Å². The van der Waals surface area contributed by atoms with Crippen LogP contribution in [0.4, 0.5) is 5.69 Å². The zero-order valence-corrected chi connectivity index (χ0v) is 27.1. The minimum Gasteiger partial charge on any atom is -0.354 e. The summed E-state index contributed by atoms with van der Waals surface area (Å²) in [4.78, 5) is 29.0. The van der Waals surface area contributed by atoms with E-state index in [-0.39, 0.29) is 17.3 Å². The van der Waals surface area contributed by atoms with Gasteiger partial charge < -0.3 is 10.2 Å². The lowest BCUT2D eigenvalue weighted by atomic mass is 10.1. The summed E-state index contributed by atoms with van der Waals surface area (Å²) >= 11 is 13.0. The highest BCUT2D eigenvalue weighted by Crippen LogP contribution is 2.30. The molecule has 0 radical (unpaired) electrons. The van der Waals surface area contributed by atoms with E-state index in [9.17, 15) is 18.0 Å². The van der Waals surface area contributed by atoms with Crippen molar-refractivity contribution >= 4 is 50.7 Å². The molecule has 0 aromatic heterocycles. The van der Waals surface area contributed by atoms with E-state index < -0.39 is 28.5 Å². The summed E-state index contributed by atoms with van der Waals surface area (Å²) in [7, 11) is -4.16. The standard InChI is InChI=1S/C32H39Cl2N3O4S/c1-6-8-18-35-32(39)29(7-2)36(20-26-27(33)10-9-11-28(26)34)31(38)21-37(30-17-14-23(4)19-24(30)5)42(40,41)25-15-12-22(3)13-16-25/h9-17,19,29H,6-8,18,20-21H2,1-5H3,(H,35,39). The van der Waals surface area contributed by atoms with Crippen molar-refractivity contribution in [2.45, 2.75) is 71.4 Å². The number of rotatable bonds is 13. The van der Waals surface area contributed by atoms with Gasteiger partial charge in [0.15, 0.2) is 0 Å². The molecule has 0 aliphatic heterocycles. The Morgan fingerprint density at radius 1 is 0.905 bits per heavy atom. The number of carbonyl (C=O) groups excluding carboxylic acids is 2. The first-order valence-electron chi connectivity index (χ1n) is 14.1. The summed E-state index contributed by atoms with van der Waals surface area (Å²) in [6.45, 7) is 9.30. The van der Waals surface area contributed by atoms with Gasteiger partial charge in [-0.15, -0.1) is 0 Å². The highest BCUT2D eigenvalue weighted by molar-refractivity contribution is 7.92. The maximum absolute atomic E-state index is 14.3. The Labute approximate surface area is 259 Å². The molecule has 10 heteroatoms. The molecule has 0 aliphatic rings. The number of unbranched alkanes of at least 4 members (excludes halogenated alkanes) is 1. The fourth-order valence-corrected chi connectivity index (χ4v) is 6.71. The van der Waals surface area contributed by atoms with Gasteiger partial charge in [-0.1, -0.05) is 84.9 Å². The van der Waals surface area contributed by atoms with Gasteiger partial charge in [0.05, 0.1) is 10.6 Å². The first kappa shape index (κ1) is 33.4. The number of hydrogen-bond acceptors (Lipinski definition) is 4. The van der Waals surface area contributed by atoms with Crippen molar-refractivity contribution in [1.82, 2.24) is 10.2 Å². The Balaban J connectivity index is 2.11. The van der Waals surface area contributed by atoms with Crippen LogP contribution in [0.3, 0.4) is 0 Å². The van der Waals surface area contributed by atoms with Crippen molar-refractivity contribution in [3.63, 3.8) is 0 Å². The number of sulfonamides is 1. The molecule has 42 heavy (non-hydrogen) atoms. The summed E-state index contributed by atoms with van der Waals surface area (Å²) in [5.41, 5.74) is 3.42. The second kappa shape index (κ2) is 14.9. The van der Waals surface area contributed by atoms with Crippen LogP contribution in [0.2, 0.25) is 10.0 Å². The van der Waals surface area contributed by atoms with Crippen LogP contribution in [0.5, 0.6) is 0 Å². The van der Waals surface area contributed by atoms with Gasteiger partial charge in [0.1, 0.15) is 12.6 Å². The molecule has 1 N–H and O–H groups in total. The monoisotopic (exact) mass is 631 g/mol. The minimum atomic E-state index is -4.16. The third-order valence-electron chi connectivity index (χ3n) is 7.11. The molecule has 0 aliphatic carbocycles. The predicted molar refractivity (Wildman–Crippen MR) is 171 cm³/mol. The second-order valence-electron chi connectivity index (χ2n) is 10.4. The topological polar surface area (TPSA) is 86.8 Å². The lowest BCUT2D eigenvalue weighted by Crippen LogP contribution is -2.52. The summed E-state index contributed by atoms with van der Waals surface area (Å²) in [5.74, 6) is -0.874. The normalized spacial score (nSPS) is 12.1. The minimum absolute atomic E-state index is 0.0610. The number of carbonyl (C=O) groups is 2. The van der Waals surface area contributed by atoms with Gasteiger partial charge in [0.2, 0.25) is 11.8 Å². The zero-order chi connectivity index (χ0) is 31.0. The summed E-state index contributed by atoms with van der Waals surface area (Å²) in [6, 6.07) is 16.0. The highest BCUT2D eigenvalue weighted by Gasteiger charge is 2.34. The predicted octanol–water partition coefficient (Wildman–Crippen LogP) is 6.84. The molecular weight excluding hydrogens is 593 g/mol. The number of nitrogens with zero attached hydrogens (tertiary/aromatic N) is 2. The molecule has 3 aromatic rings. The van der Waals surface area contributed by atoms with Gasteiger partial charge in [-0.2, -0.15) is 0 Å². The Hall–Kier alpha value is -3.07. The van der Waals surface area contributed by atoms with Crippen LogP contribution in [0.1, 0.15) is 55.4 Å². The van der Waals surface area contributed by atoms with Crippen molar-refractivity contribution in [2.24, 2.45) is 0 Å². The Kier molecular flexibility index (Phi) is 11.9. The molecule has 2 amide bonds. The van der Waals surface area contributed by atoms with E-state index in [0.717, 1.165) is 28.3 Å². The average molecular weight is 633 g/mol. The quantitative estimate of drug-likeness (QED) is 0.209. The molecular formula is C32H39Cl2N3O4S. The lowest BCUT2D eigenvalue weighted by molar-refractivity contribution is -0.140. The SMILES string of the molecule is CCCCNC(=O)C(CC)N(Cc1c(Cl)cccc1Cl)C(=O)CN(c1ccc(C)cc1C)S(=O)(=O)c1ccc(C)cc1.